The van der Waals surface area contributed by atoms with E-state index in [-0.39, 0.29) is 24.4 Å². The minimum atomic E-state index is -0.301. The van der Waals surface area contributed by atoms with Crippen LogP contribution in [0.25, 0.3) is 0 Å². The molecule has 1 aliphatic rings. The predicted molar refractivity (Wildman–Crippen MR) is 77.5 cm³/mol. The fourth-order valence-corrected chi connectivity index (χ4v) is 2.38. The number of carbonyl (C=O) groups excluding carboxylic acids is 2. The van der Waals surface area contributed by atoms with Crippen LogP contribution in [0, 0.1) is 0 Å². The maximum atomic E-state index is 12.3. The lowest BCUT2D eigenvalue weighted by molar-refractivity contribution is -0.135. The summed E-state index contributed by atoms with van der Waals surface area (Å²) in [5.41, 5.74) is 0. The molecule has 1 atom stereocenters. The molecule has 1 aliphatic heterocycles. The van der Waals surface area contributed by atoms with Gasteiger partial charge in [-0.3, -0.25) is 14.5 Å². The van der Waals surface area contributed by atoms with Crippen LogP contribution in [-0.2, 0) is 16.1 Å². The largest absolute Gasteiger partial charge is 0.467 e. The molecule has 0 spiro atoms. The maximum Gasteiger partial charge on any atom is 0.238 e. The quantitative estimate of drug-likeness (QED) is 0.748. The highest BCUT2D eigenvalue weighted by Crippen LogP contribution is 2.07. The van der Waals surface area contributed by atoms with Gasteiger partial charge in [0.05, 0.1) is 19.4 Å². The third kappa shape index (κ3) is 4.05. The summed E-state index contributed by atoms with van der Waals surface area (Å²) in [6.07, 6.45) is 1.59. The van der Waals surface area contributed by atoms with Gasteiger partial charge < -0.3 is 20.0 Å². The van der Waals surface area contributed by atoms with E-state index >= 15 is 0 Å². The molecule has 7 heteroatoms. The number of hydrogen-bond acceptors (Lipinski definition) is 5. The minimum Gasteiger partial charge on any atom is -0.467 e. The van der Waals surface area contributed by atoms with Gasteiger partial charge in [-0.1, -0.05) is 0 Å². The number of piperazine rings is 1. The molecule has 1 fully saturated rings. The van der Waals surface area contributed by atoms with Gasteiger partial charge in [0.2, 0.25) is 11.8 Å². The van der Waals surface area contributed by atoms with Crippen molar-refractivity contribution in [1.29, 1.82) is 0 Å². The van der Waals surface area contributed by atoms with E-state index in [9.17, 15) is 9.59 Å². The predicted octanol–water partition coefficient (Wildman–Crippen LogP) is -0.742. The number of amides is 2. The Morgan fingerprint density at radius 3 is 3.05 bits per heavy atom. The van der Waals surface area contributed by atoms with Crippen LogP contribution in [0.15, 0.2) is 22.8 Å². The molecule has 0 aliphatic carbocycles. The Morgan fingerprint density at radius 2 is 2.38 bits per heavy atom. The van der Waals surface area contributed by atoms with Gasteiger partial charge >= 0.3 is 0 Å². The van der Waals surface area contributed by atoms with Crippen molar-refractivity contribution in [2.75, 3.05) is 40.3 Å². The highest BCUT2D eigenvalue weighted by molar-refractivity contribution is 5.83. The van der Waals surface area contributed by atoms with Crippen molar-refractivity contribution in [3.05, 3.63) is 24.2 Å². The van der Waals surface area contributed by atoms with Gasteiger partial charge in [0, 0.05) is 33.7 Å². The summed E-state index contributed by atoms with van der Waals surface area (Å²) in [6.45, 7) is 2.69. The van der Waals surface area contributed by atoms with E-state index in [1.165, 1.54) is 0 Å². The first kappa shape index (κ1) is 15.5. The average Bonchev–Trinajstić information content (AvgIpc) is 2.99. The molecule has 0 bridgehead atoms. The third-order valence-electron chi connectivity index (χ3n) is 3.64. The number of nitrogens with zero attached hydrogens (tertiary/aromatic N) is 2. The molecule has 1 unspecified atom stereocenters. The second-order valence-electron chi connectivity index (χ2n) is 5.13. The van der Waals surface area contributed by atoms with Crippen LogP contribution in [0.4, 0.5) is 0 Å². The second-order valence-corrected chi connectivity index (χ2v) is 5.13. The zero-order chi connectivity index (χ0) is 15.2. The summed E-state index contributed by atoms with van der Waals surface area (Å²) in [5.74, 6) is 0.653. The number of hydrogen-bond donors (Lipinski definition) is 2. The molecule has 0 saturated carbocycles. The average molecular weight is 294 g/mol. The molecule has 2 N–H and O–H groups in total. The summed E-state index contributed by atoms with van der Waals surface area (Å²) in [5, 5.41) is 5.82. The molecule has 2 heterocycles. The van der Waals surface area contributed by atoms with Gasteiger partial charge in [0.15, 0.2) is 0 Å². The first-order valence-corrected chi connectivity index (χ1v) is 7.04. The normalized spacial score (nSPS) is 19.2. The molecular formula is C14H22N4O3. The van der Waals surface area contributed by atoms with Crippen LogP contribution in [0.3, 0.4) is 0 Å². The fourth-order valence-electron chi connectivity index (χ4n) is 2.38. The van der Waals surface area contributed by atoms with E-state index in [1.54, 1.807) is 31.3 Å². The number of carbonyl (C=O) groups is 2. The van der Waals surface area contributed by atoms with Crippen molar-refractivity contribution in [3.63, 3.8) is 0 Å². The Balaban J connectivity index is 1.91. The number of likely N-dealkylation sites (N-methyl/N-ethyl adjacent to an activating group) is 2. The lowest BCUT2D eigenvalue weighted by Crippen LogP contribution is -2.59. The van der Waals surface area contributed by atoms with Crippen molar-refractivity contribution in [1.82, 2.24) is 20.4 Å². The molecule has 116 valence electrons. The molecule has 0 aromatic carbocycles. The van der Waals surface area contributed by atoms with Gasteiger partial charge in [0.1, 0.15) is 11.8 Å². The summed E-state index contributed by atoms with van der Waals surface area (Å²) in [7, 11) is 3.35. The number of furan rings is 1. The summed E-state index contributed by atoms with van der Waals surface area (Å²) < 4.78 is 5.24. The number of rotatable bonds is 5. The van der Waals surface area contributed by atoms with Crippen LogP contribution < -0.4 is 10.6 Å². The van der Waals surface area contributed by atoms with Crippen LogP contribution >= 0.6 is 0 Å². The van der Waals surface area contributed by atoms with Crippen molar-refractivity contribution >= 4 is 11.8 Å². The van der Waals surface area contributed by atoms with Crippen LogP contribution in [0.2, 0.25) is 0 Å². The van der Waals surface area contributed by atoms with Gasteiger partial charge in [-0.05, 0) is 12.1 Å². The molecular weight excluding hydrogens is 272 g/mol. The Kier molecular flexibility index (Phi) is 5.35. The smallest absolute Gasteiger partial charge is 0.238 e. The lowest BCUT2D eigenvalue weighted by atomic mass is 10.1. The topological polar surface area (TPSA) is 77.8 Å². The molecule has 7 nitrogen and oxygen atoms in total. The number of nitrogens with one attached hydrogen (secondary N) is 2. The summed E-state index contributed by atoms with van der Waals surface area (Å²) >= 11 is 0. The Labute approximate surface area is 124 Å². The summed E-state index contributed by atoms with van der Waals surface area (Å²) in [4.78, 5) is 27.7. The molecule has 2 rings (SSSR count). The standard InChI is InChI=1S/C14H22N4O3/c1-15-14(20)12-8-16-5-6-18(12)10-13(19)17(2)9-11-4-3-7-21-11/h3-4,7,12,16H,5-6,8-10H2,1-2H3,(H,15,20). The molecule has 21 heavy (non-hydrogen) atoms. The second kappa shape index (κ2) is 7.24. The Bertz CT molecular complexity index is 475. The third-order valence-corrected chi connectivity index (χ3v) is 3.64. The van der Waals surface area contributed by atoms with Crippen molar-refractivity contribution in [2.24, 2.45) is 0 Å². The lowest BCUT2D eigenvalue weighted by Gasteiger charge is -2.35. The Morgan fingerprint density at radius 1 is 1.57 bits per heavy atom. The SMILES string of the molecule is CNC(=O)C1CNCCN1CC(=O)N(C)Cc1ccco1. The highest BCUT2D eigenvalue weighted by atomic mass is 16.3. The van der Waals surface area contributed by atoms with Crippen molar-refractivity contribution < 1.29 is 14.0 Å². The molecule has 1 saturated heterocycles. The monoisotopic (exact) mass is 294 g/mol. The first-order chi connectivity index (χ1) is 10.1. The molecule has 0 radical (unpaired) electrons. The van der Waals surface area contributed by atoms with E-state index in [0.29, 0.717) is 19.6 Å². The van der Waals surface area contributed by atoms with Gasteiger partial charge in [-0.25, -0.2) is 0 Å². The van der Waals surface area contributed by atoms with E-state index in [2.05, 4.69) is 10.6 Å². The molecule has 1 aromatic rings. The van der Waals surface area contributed by atoms with Crippen LogP contribution in [-0.4, -0.2) is 67.9 Å². The maximum absolute atomic E-state index is 12.3. The fraction of sp³-hybridized carbons (Fsp3) is 0.571. The molecule has 2 amide bonds. The van der Waals surface area contributed by atoms with Crippen molar-refractivity contribution in [2.45, 2.75) is 12.6 Å². The highest BCUT2D eigenvalue weighted by Gasteiger charge is 2.29. The van der Waals surface area contributed by atoms with Gasteiger partial charge in [-0.2, -0.15) is 0 Å². The minimum absolute atomic E-state index is 0.0257. The Hall–Kier alpha value is -1.86. The first-order valence-electron chi connectivity index (χ1n) is 7.04. The zero-order valence-electron chi connectivity index (χ0n) is 12.5. The summed E-state index contributed by atoms with van der Waals surface area (Å²) in [6, 6.07) is 3.33. The van der Waals surface area contributed by atoms with E-state index < -0.39 is 0 Å². The van der Waals surface area contributed by atoms with Crippen LogP contribution in [0.1, 0.15) is 5.76 Å². The zero-order valence-corrected chi connectivity index (χ0v) is 12.5. The van der Waals surface area contributed by atoms with Crippen molar-refractivity contribution in [3.8, 4) is 0 Å². The van der Waals surface area contributed by atoms with Crippen LogP contribution in [0.5, 0.6) is 0 Å². The van der Waals surface area contributed by atoms with Gasteiger partial charge in [-0.15, -0.1) is 0 Å². The molecule has 1 aromatic heterocycles. The van der Waals surface area contributed by atoms with E-state index in [1.807, 2.05) is 11.0 Å². The van der Waals surface area contributed by atoms with Gasteiger partial charge in [0.25, 0.3) is 0 Å². The van der Waals surface area contributed by atoms with E-state index in [4.69, 9.17) is 4.42 Å². The van der Waals surface area contributed by atoms with E-state index in [0.717, 1.165) is 12.3 Å².